The first kappa shape index (κ1) is 32.4. The van der Waals surface area contributed by atoms with Gasteiger partial charge in [-0.15, -0.1) is 0 Å². The summed E-state index contributed by atoms with van der Waals surface area (Å²) in [7, 11) is -1.99. The molecule has 1 saturated heterocycles. The number of hydrogen-bond acceptors (Lipinski definition) is 7. The van der Waals surface area contributed by atoms with Gasteiger partial charge in [0.25, 0.3) is 0 Å². The Morgan fingerprint density at radius 1 is 1.05 bits per heavy atom. The predicted octanol–water partition coefficient (Wildman–Crippen LogP) is 7.86. The Hall–Kier alpha value is -2.49. The lowest BCUT2D eigenvalue weighted by Crippen LogP contribution is -2.46. The van der Waals surface area contributed by atoms with Crippen molar-refractivity contribution in [2.24, 2.45) is 5.41 Å². The molecule has 3 aromatic rings. The molecule has 0 amide bonds. The highest BCUT2D eigenvalue weighted by molar-refractivity contribution is 6.74. The summed E-state index contributed by atoms with van der Waals surface area (Å²) < 4.78 is 20.8. The van der Waals surface area contributed by atoms with Crippen LogP contribution in [0.4, 0.5) is 5.82 Å². The van der Waals surface area contributed by atoms with Crippen LogP contribution in [0.1, 0.15) is 75.2 Å². The van der Waals surface area contributed by atoms with Gasteiger partial charge < -0.3 is 19.2 Å². The molecule has 1 atom stereocenters. The predicted molar refractivity (Wildman–Crippen MR) is 175 cm³/mol. The van der Waals surface area contributed by atoms with Crippen molar-refractivity contribution in [3.63, 3.8) is 0 Å². The van der Waals surface area contributed by atoms with Gasteiger partial charge in [-0.2, -0.15) is 5.10 Å². The molecule has 0 saturated carbocycles. The maximum absolute atomic E-state index is 6.79. The fourth-order valence-corrected chi connectivity index (χ4v) is 6.05. The molecule has 1 radical (unpaired) electrons. The molecule has 4 rings (SSSR count). The molecule has 1 unspecified atom stereocenters. The van der Waals surface area contributed by atoms with Crippen LogP contribution in [0.15, 0.2) is 30.5 Å². The fraction of sp³-hybridized carbons (Fsp3) is 0.636. The van der Waals surface area contributed by atoms with Crippen LogP contribution in [0, 0.1) is 11.8 Å². The van der Waals surface area contributed by atoms with Crippen molar-refractivity contribution in [2.75, 3.05) is 25.1 Å². The number of anilines is 1. The molecule has 9 heteroatoms. The van der Waals surface area contributed by atoms with Gasteiger partial charge in [0.2, 0.25) is 0 Å². The minimum absolute atomic E-state index is 0.00531. The van der Waals surface area contributed by atoms with Crippen LogP contribution in [0.25, 0.3) is 22.4 Å². The molecular formula is C33H52N5O3Si. The van der Waals surface area contributed by atoms with Crippen LogP contribution in [-0.4, -0.2) is 60.0 Å². The number of ether oxygens (including phenoxy) is 2. The molecule has 1 aromatic carbocycles. The summed E-state index contributed by atoms with van der Waals surface area (Å²) in [5, 5.41) is 9.42. The summed E-state index contributed by atoms with van der Waals surface area (Å²) in [5.41, 5.74) is 1.49. The van der Waals surface area contributed by atoms with Crippen molar-refractivity contribution in [3.8, 4) is 17.1 Å². The lowest BCUT2D eigenvalue weighted by atomic mass is 9.89. The number of benzene rings is 1. The minimum Gasteiger partial charge on any atom is -0.491 e. The molecule has 1 N–H and O–H groups in total. The zero-order valence-electron chi connectivity index (χ0n) is 27.7. The molecule has 1 aliphatic rings. The minimum atomic E-state index is -1.99. The Bertz CT molecular complexity index is 1340. The Balaban J connectivity index is 1.63. The van der Waals surface area contributed by atoms with E-state index in [0.717, 1.165) is 54.2 Å². The summed E-state index contributed by atoms with van der Waals surface area (Å²) >= 11 is 0. The fourth-order valence-electron chi connectivity index (χ4n) is 4.81. The topological polar surface area (TPSA) is 83.3 Å². The van der Waals surface area contributed by atoms with Crippen molar-refractivity contribution in [1.82, 2.24) is 19.7 Å². The average molecular weight is 595 g/mol. The Labute approximate surface area is 254 Å². The molecular weight excluding hydrogens is 542 g/mol. The number of aromatic nitrogens is 4. The van der Waals surface area contributed by atoms with Crippen LogP contribution in [-0.2, 0) is 14.7 Å². The molecule has 3 heterocycles. The molecule has 1 aliphatic heterocycles. The van der Waals surface area contributed by atoms with E-state index >= 15 is 0 Å². The summed E-state index contributed by atoms with van der Waals surface area (Å²) in [5.74, 6) is 2.22. The first-order valence-electron chi connectivity index (χ1n) is 15.3. The highest BCUT2D eigenvalue weighted by Crippen LogP contribution is 2.39. The van der Waals surface area contributed by atoms with Crippen LogP contribution in [0.3, 0.4) is 0 Å². The van der Waals surface area contributed by atoms with Gasteiger partial charge >= 0.3 is 0 Å². The molecule has 0 spiro atoms. The number of hydrogen-bond donors (Lipinski definition) is 1. The van der Waals surface area contributed by atoms with Gasteiger partial charge in [-0.05, 0) is 75.7 Å². The van der Waals surface area contributed by atoms with E-state index in [1.807, 2.05) is 35.1 Å². The van der Waals surface area contributed by atoms with Crippen LogP contribution >= 0.6 is 0 Å². The van der Waals surface area contributed by atoms with Crippen LogP contribution in [0.5, 0.6) is 5.75 Å². The summed E-state index contributed by atoms with van der Waals surface area (Å²) in [6.07, 6.45) is 5.93. The SMILES string of the molecule is CC(C)(C)[CH]C(COc1cccc(-c2nc(NC3CCOCC3)c3cnn(C(C)(C)C)c3n2)c1)O[Si](C)(C)C(C)(C)C. The van der Waals surface area contributed by atoms with Gasteiger partial charge in [0.15, 0.2) is 19.8 Å². The molecule has 42 heavy (non-hydrogen) atoms. The van der Waals surface area contributed by atoms with Gasteiger partial charge in [0.05, 0.1) is 23.2 Å². The second-order valence-electron chi connectivity index (χ2n) is 15.2. The largest absolute Gasteiger partial charge is 0.491 e. The summed E-state index contributed by atoms with van der Waals surface area (Å²) in [6, 6.07) is 8.35. The van der Waals surface area contributed by atoms with E-state index < -0.39 is 8.32 Å². The zero-order valence-corrected chi connectivity index (χ0v) is 28.7. The maximum atomic E-state index is 6.79. The highest BCUT2D eigenvalue weighted by atomic mass is 28.4. The Morgan fingerprint density at radius 2 is 1.74 bits per heavy atom. The van der Waals surface area contributed by atoms with E-state index in [1.165, 1.54) is 0 Å². The maximum Gasteiger partial charge on any atom is 0.192 e. The lowest BCUT2D eigenvalue weighted by molar-refractivity contribution is 0.0904. The van der Waals surface area contributed by atoms with Gasteiger partial charge in [0, 0.05) is 24.8 Å². The van der Waals surface area contributed by atoms with E-state index in [2.05, 4.69) is 87.1 Å². The van der Waals surface area contributed by atoms with E-state index in [4.69, 9.17) is 29.0 Å². The van der Waals surface area contributed by atoms with Crippen LogP contribution < -0.4 is 10.1 Å². The van der Waals surface area contributed by atoms with Gasteiger partial charge in [-0.1, -0.05) is 53.7 Å². The molecule has 2 aromatic heterocycles. The molecule has 0 bridgehead atoms. The van der Waals surface area contributed by atoms with E-state index in [9.17, 15) is 0 Å². The van der Waals surface area contributed by atoms with E-state index in [0.29, 0.717) is 18.5 Å². The molecule has 231 valence electrons. The quantitative estimate of drug-likeness (QED) is 0.253. The van der Waals surface area contributed by atoms with Crippen molar-refractivity contribution in [1.29, 1.82) is 0 Å². The number of fused-ring (bicyclic) bond motifs is 1. The molecule has 8 nitrogen and oxygen atoms in total. The number of nitrogens with one attached hydrogen (secondary N) is 1. The lowest BCUT2D eigenvalue weighted by Gasteiger charge is -2.40. The smallest absolute Gasteiger partial charge is 0.192 e. The monoisotopic (exact) mass is 594 g/mol. The Kier molecular flexibility index (Phi) is 9.45. The van der Waals surface area contributed by atoms with Crippen molar-refractivity contribution in [3.05, 3.63) is 36.9 Å². The standard InChI is InChI=1S/C33H52N5O3Si/c1-31(2,3)20-26(41-42(10,11)33(7,8)9)22-40-25-14-12-13-23(19-25)28-36-29(35-24-15-17-39-18-16-24)27-21-34-38(30(27)37-28)32(4,5)6/h12-14,19-21,24,26H,15-18,22H2,1-11H3,(H,35,36,37). The van der Waals surface area contributed by atoms with E-state index in [-0.39, 0.29) is 22.1 Å². The third-order valence-electron chi connectivity index (χ3n) is 8.07. The zero-order chi connectivity index (χ0) is 30.9. The first-order chi connectivity index (χ1) is 19.4. The second-order valence-corrected chi connectivity index (χ2v) is 19.9. The molecule has 1 fully saturated rings. The third-order valence-corrected chi connectivity index (χ3v) is 12.6. The molecule has 0 aliphatic carbocycles. The summed E-state index contributed by atoms with van der Waals surface area (Å²) in [6.45, 7) is 26.4. The van der Waals surface area contributed by atoms with Crippen molar-refractivity contribution in [2.45, 2.75) is 111 Å². The number of nitrogens with zero attached hydrogens (tertiary/aromatic N) is 4. The van der Waals surface area contributed by atoms with Crippen LogP contribution in [0.2, 0.25) is 18.1 Å². The third kappa shape index (κ3) is 8.11. The highest BCUT2D eigenvalue weighted by Gasteiger charge is 2.40. The van der Waals surface area contributed by atoms with Gasteiger partial charge in [-0.25, -0.2) is 14.6 Å². The summed E-state index contributed by atoms with van der Waals surface area (Å²) in [4.78, 5) is 10.1. The second kappa shape index (κ2) is 12.2. The van der Waals surface area contributed by atoms with Gasteiger partial charge in [0.1, 0.15) is 18.2 Å². The van der Waals surface area contributed by atoms with Gasteiger partial charge in [-0.3, -0.25) is 0 Å². The van der Waals surface area contributed by atoms with E-state index in [1.54, 1.807) is 0 Å². The van der Waals surface area contributed by atoms with Crippen molar-refractivity contribution >= 4 is 25.2 Å². The first-order valence-corrected chi connectivity index (χ1v) is 18.2. The Morgan fingerprint density at radius 3 is 2.36 bits per heavy atom. The average Bonchev–Trinajstić information content (AvgIpc) is 3.32. The normalized spacial score (nSPS) is 16.5. The van der Waals surface area contributed by atoms with Crippen molar-refractivity contribution < 1.29 is 13.9 Å². The number of rotatable bonds is 9.